The Labute approximate surface area is 188 Å². The molecule has 1 aliphatic rings. The summed E-state index contributed by atoms with van der Waals surface area (Å²) in [6.45, 7) is 3.83. The number of para-hydroxylation sites is 1. The first-order chi connectivity index (χ1) is 15.1. The molecule has 0 spiro atoms. The van der Waals surface area contributed by atoms with Crippen LogP contribution in [0.1, 0.15) is 12.8 Å². The highest BCUT2D eigenvalue weighted by Crippen LogP contribution is 2.27. The number of benzene rings is 2. The summed E-state index contributed by atoms with van der Waals surface area (Å²) < 4.78 is 5.27. The molecule has 2 aromatic rings. The second-order valence-corrected chi connectivity index (χ2v) is 7.76. The Morgan fingerprint density at radius 2 is 1.74 bits per heavy atom. The van der Waals surface area contributed by atoms with Crippen LogP contribution in [0.25, 0.3) is 0 Å². The third-order valence-electron chi connectivity index (χ3n) is 5.24. The number of piperazine rings is 1. The summed E-state index contributed by atoms with van der Waals surface area (Å²) in [7, 11) is 1.58. The molecule has 166 valence electrons. The summed E-state index contributed by atoms with van der Waals surface area (Å²) in [5.41, 5.74) is 1.93. The molecule has 1 fully saturated rings. The van der Waals surface area contributed by atoms with Crippen molar-refractivity contribution >= 4 is 34.8 Å². The van der Waals surface area contributed by atoms with Gasteiger partial charge in [0.25, 0.3) is 0 Å². The molecule has 8 heteroatoms. The summed E-state index contributed by atoms with van der Waals surface area (Å²) in [5.74, 6) is 0.646. The maximum absolute atomic E-state index is 12.4. The zero-order valence-corrected chi connectivity index (χ0v) is 18.5. The molecule has 0 saturated carbocycles. The van der Waals surface area contributed by atoms with E-state index in [1.165, 1.54) is 5.69 Å². The number of ether oxygens (including phenoxy) is 1. The third-order valence-corrected chi connectivity index (χ3v) is 5.48. The summed E-state index contributed by atoms with van der Waals surface area (Å²) in [4.78, 5) is 28.7. The second-order valence-electron chi connectivity index (χ2n) is 7.32. The number of amides is 2. The van der Waals surface area contributed by atoms with Gasteiger partial charge in [-0.25, -0.2) is 0 Å². The molecule has 0 aliphatic carbocycles. The van der Waals surface area contributed by atoms with E-state index in [9.17, 15) is 9.59 Å². The van der Waals surface area contributed by atoms with Crippen LogP contribution in [0.2, 0.25) is 5.02 Å². The Kier molecular flexibility index (Phi) is 8.41. The number of nitrogens with one attached hydrogen (secondary N) is 2. The van der Waals surface area contributed by atoms with E-state index in [1.54, 1.807) is 25.3 Å². The molecule has 0 radical (unpaired) electrons. The molecule has 0 bridgehead atoms. The number of methoxy groups -OCH3 is 1. The Morgan fingerprint density at radius 1 is 1.00 bits per heavy atom. The number of nitrogens with zero attached hydrogens (tertiary/aromatic N) is 2. The van der Waals surface area contributed by atoms with E-state index in [2.05, 4.69) is 27.7 Å². The monoisotopic (exact) mass is 444 g/mol. The molecule has 0 aromatic heterocycles. The molecule has 2 aromatic carbocycles. The maximum atomic E-state index is 12.4. The standard InChI is InChI=1S/C23H29ClN4O3/c1-31-21-8-7-18(24)17-20(21)25-11-9-22(29)26-12-10-23(30)28-15-13-27(14-16-28)19-5-3-2-4-6-19/h2-8,17,25H,9-16H2,1H3,(H,26,29). The van der Waals surface area contributed by atoms with Crippen LogP contribution in [0.5, 0.6) is 5.75 Å². The zero-order chi connectivity index (χ0) is 22.1. The van der Waals surface area contributed by atoms with Crippen LogP contribution in [0.15, 0.2) is 48.5 Å². The number of rotatable bonds is 9. The first kappa shape index (κ1) is 22.7. The first-order valence-electron chi connectivity index (χ1n) is 10.5. The van der Waals surface area contributed by atoms with Gasteiger partial charge in [-0.1, -0.05) is 29.8 Å². The molecule has 3 rings (SSSR count). The van der Waals surface area contributed by atoms with Crippen molar-refractivity contribution in [2.75, 3.05) is 56.6 Å². The van der Waals surface area contributed by atoms with Crippen LogP contribution in [-0.4, -0.2) is 63.1 Å². The molecule has 1 heterocycles. The van der Waals surface area contributed by atoms with Gasteiger partial charge in [0.2, 0.25) is 11.8 Å². The van der Waals surface area contributed by atoms with E-state index in [0.29, 0.717) is 49.8 Å². The minimum absolute atomic E-state index is 0.0785. The van der Waals surface area contributed by atoms with Gasteiger partial charge in [0.05, 0.1) is 12.8 Å². The number of halogens is 1. The van der Waals surface area contributed by atoms with Crippen molar-refractivity contribution in [1.82, 2.24) is 10.2 Å². The van der Waals surface area contributed by atoms with Crippen LogP contribution >= 0.6 is 11.6 Å². The minimum atomic E-state index is -0.102. The van der Waals surface area contributed by atoms with Crippen LogP contribution in [-0.2, 0) is 9.59 Å². The summed E-state index contributed by atoms with van der Waals surface area (Å²) in [6.07, 6.45) is 0.603. The molecule has 2 amide bonds. The molecule has 0 unspecified atom stereocenters. The van der Waals surface area contributed by atoms with Crippen LogP contribution in [0.4, 0.5) is 11.4 Å². The summed E-state index contributed by atoms with van der Waals surface area (Å²) in [5, 5.41) is 6.57. The highest BCUT2D eigenvalue weighted by atomic mass is 35.5. The smallest absolute Gasteiger partial charge is 0.224 e. The lowest BCUT2D eigenvalue weighted by Gasteiger charge is -2.36. The Balaban J connectivity index is 1.32. The molecule has 0 atom stereocenters. The van der Waals surface area contributed by atoms with Crippen molar-refractivity contribution in [3.05, 3.63) is 53.6 Å². The lowest BCUT2D eigenvalue weighted by molar-refractivity contribution is -0.131. The molecule has 7 nitrogen and oxygen atoms in total. The van der Waals surface area contributed by atoms with Gasteiger partial charge in [-0.05, 0) is 30.3 Å². The van der Waals surface area contributed by atoms with E-state index in [4.69, 9.17) is 16.3 Å². The van der Waals surface area contributed by atoms with Gasteiger partial charge >= 0.3 is 0 Å². The van der Waals surface area contributed by atoms with Crippen LogP contribution < -0.4 is 20.3 Å². The molecule has 1 saturated heterocycles. The fourth-order valence-corrected chi connectivity index (χ4v) is 3.71. The normalized spacial score (nSPS) is 13.6. The Morgan fingerprint density at radius 3 is 2.45 bits per heavy atom. The lowest BCUT2D eigenvalue weighted by Crippen LogP contribution is -2.49. The third kappa shape index (κ3) is 6.79. The van der Waals surface area contributed by atoms with Crippen molar-refractivity contribution < 1.29 is 14.3 Å². The minimum Gasteiger partial charge on any atom is -0.495 e. The Hall–Kier alpha value is -2.93. The lowest BCUT2D eigenvalue weighted by atomic mass is 10.2. The average Bonchev–Trinajstić information content (AvgIpc) is 2.80. The summed E-state index contributed by atoms with van der Waals surface area (Å²) >= 11 is 6.00. The SMILES string of the molecule is COc1ccc(Cl)cc1NCCC(=O)NCCC(=O)N1CCN(c2ccccc2)CC1. The van der Waals surface area contributed by atoms with Crippen molar-refractivity contribution in [3.8, 4) is 5.75 Å². The highest BCUT2D eigenvalue weighted by molar-refractivity contribution is 6.30. The predicted octanol–water partition coefficient (Wildman–Crippen LogP) is 3.01. The number of hydrogen-bond acceptors (Lipinski definition) is 5. The van der Waals surface area contributed by atoms with Gasteiger partial charge in [-0.15, -0.1) is 0 Å². The second kappa shape index (κ2) is 11.5. The van der Waals surface area contributed by atoms with E-state index >= 15 is 0 Å². The van der Waals surface area contributed by atoms with E-state index < -0.39 is 0 Å². The molecule has 31 heavy (non-hydrogen) atoms. The van der Waals surface area contributed by atoms with Crippen LogP contribution in [0.3, 0.4) is 0 Å². The average molecular weight is 445 g/mol. The van der Waals surface area contributed by atoms with Crippen LogP contribution in [0, 0.1) is 0 Å². The topological polar surface area (TPSA) is 73.9 Å². The fraction of sp³-hybridized carbons (Fsp3) is 0.391. The molecular weight excluding hydrogens is 416 g/mol. The van der Waals surface area contributed by atoms with Gasteiger partial charge in [0.1, 0.15) is 5.75 Å². The summed E-state index contributed by atoms with van der Waals surface area (Å²) in [6, 6.07) is 15.5. The number of carbonyl (C=O) groups excluding carboxylic acids is 2. The van der Waals surface area contributed by atoms with Gasteiger partial charge < -0.3 is 25.2 Å². The number of anilines is 2. The van der Waals surface area contributed by atoms with E-state index in [-0.39, 0.29) is 11.8 Å². The van der Waals surface area contributed by atoms with Crippen molar-refractivity contribution in [1.29, 1.82) is 0 Å². The predicted molar refractivity (Wildman–Crippen MR) is 124 cm³/mol. The fourth-order valence-electron chi connectivity index (χ4n) is 3.54. The first-order valence-corrected chi connectivity index (χ1v) is 10.9. The quantitative estimate of drug-likeness (QED) is 0.622. The Bertz CT molecular complexity index is 870. The van der Waals surface area contributed by atoms with Gasteiger partial charge in [-0.3, -0.25) is 9.59 Å². The largest absolute Gasteiger partial charge is 0.495 e. The van der Waals surface area contributed by atoms with Gasteiger partial charge in [0, 0.05) is 62.8 Å². The van der Waals surface area contributed by atoms with Crippen molar-refractivity contribution in [3.63, 3.8) is 0 Å². The molecular formula is C23H29ClN4O3. The van der Waals surface area contributed by atoms with E-state index in [1.807, 2.05) is 23.1 Å². The van der Waals surface area contributed by atoms with Crippen molar-refractivity contribution in [2.45, 2.75) is 12.8 Å². The van der Waals surface area contributed by atoms with Gasteiger partial charge in [-0.2, -0.15) is 0 Å². The van der Waals surface area contributed by atoms with Gasteiger partial charge in [0.15, 0.2) is 0 Å². The number of hydrogen-bond donors (Lipinski definition) is 2. The number of carbonyl (C=O) groups is 2. The highest BCUT2D eigenvalue weighted by Gasteiger charge is 2.21. The van der Waals surface area contributed by atoms with Crippen molar-refractivity contribution in [2.24, 2.45) is 0 Å². The molecule has 1 aliphatic heterocycles. The maximum Gasteiger partial charge on any atom is 0.224 e. The molecule has 2 N–H and O–H groups in total. The zero-order valence-electron chi connectivity index (χ0n) is 17.8. The van der Waals surface area contributed by atoms with E-state index in [0.717, 1.165) is 18.8 Å².